The van der Waals surface area contributed by atoms with E-state index in [-0.39, 0.29) is 30.4 Å². The summed E-state index contributed by atoms with van der Waals surface area (Å²) in [5, 5.41) is 0. The Kier molecular flexibility index (Phi) is 5.82. The van der Waals surface area contributed by atoms with E-state index >= 15 is 0 Å². The maximum Gasteiger partial charge on any atom is 0.310 e. The maximum atomic E-state index is 10.8. The smallest absolute Gasteiger partial charge is 0.310 e. The molecule has 0 amide bonds. The molecular weight excluding hydrogens is 262 g/mol. The molecule has 0 aliphatic rings. The fraction of sp³-hybridized carbons (Fsp3) is 0.222. The summed E-state index contributed by atoms with van der Waals surface area (Å²) >= 11 is 0. The summed E-state index contributed by atoms with van der Waals surface area (Å²) in [6.07, 6.45) is 0.412. The van der Waals surface area contributed by atoms with Crippen molar-refractivity contribution in [2.24, 2.45) is 0 Å². The van der Waals surface area contributed by atoms with E-state index in [1.807, 2.05) is 18.2 Å². The molecule has 63 valence electrons. The van der Waals surface area contributed by atoms with Gasteiger partial charge in [-0.1, -0.05) is 25.1 Å². The quantitative estimate of drug-likeness (QED) is 0.464. The zero-order valence-electron chi connectivity index (χ0n) is 6.86. The summed E-state index contributed by atoms with van der Waals surface area (Å²) in [6, 6.07) is 9.06. The molecule has 3 radical (unpaired) electrons. The molecule has 0 aliphatic heterocycles. The Balaban J connectivity index is 0.00000121. The first kappa shape index (κ1) is 11.5. The molecule has 2 nitrogen and oxygen atoms in total. The Morgan fingerprint density at radius 3 is 2.42 bits per heavy atom. The van der Waals surface area contributed by atoms with Crippen LogP contribution < -0.4 is 4.74 Å². The van der Waals surface area contributed by atoms with Crippen LogP contribution in [0.15, 0.2) is 30.3 Å². The molecule has 1 aromatic carbocycles. The van der Waals surface area contributed by atoms with Crippen molar-refractivity contribution in [3.63, 3.8) is 0 Å². The molecule has 0 fully saturated rings. The van der Waals surface area contributed by atoms with Crippen molar-refractivity contribution < 1.29 is 9.53 Å². The zero-order valence-corrected chi connectivity index (χ0v) is 9.41. The molecule has 0 unspecified atom stereocenters. The first-order valence-corrected chi connectivity index (χ1v) is 3.58. The van der Waals surface area contributed by atoms with E-state index in [0.717, 1.165) is 0 Å². The molecule has 0 aliphatic carbocycles. The van der Waals surface area contributed by atoms with Crippen molar-refractivity contribution in [1.82, 2.24) is 0 Å². The van der Waals surface area contributed by atoms with Gasteiger partial charge in [0.15, 0.2) is 0 Å². The predicted molar refractivity (Wildman–Crippen MR) is 48.1 cm³/mol. The van der Waals surface area contributed by atoms with Crippen LogP contribution in [0.2, 0.25) is 0 Å². The van der Waals surface area contributed by atoms with Gasteiger partial charge in [-0.05, 0) is 12.1 Å². The van der Waals surface area contributed by atoms with Gasteiger partial charge in [0.25, 0.3) is 0 Å². The van der Waals surface area contributed by atoms with Gasteiger partial charge in [0, 0.05) is 30.8 Å². The molecule has 0 saturated heterocycles. The summed E-state index contributed by atoms with van der Waals surface area (Å²) in [5.74, 6) is 0.413. The molecule has 12 heavy (non-hydrogen) atoms. The SMILES string of the molecule is CCC(=O)Oc1ccccc1.[Sb]. The molecule has 0 bridgehead atoms. The number of rotatable bonds is 2. The van der Waals surface area contributed by atoms with Gasteiger partial charge in [0.2, 0.25) is 0 Å². The van der Waals surface area contributed by atoms with Gasteiger partial charge in [0.1, 0.15) is 5.75 Å². The predicted octanol–water partition coefficient (Wildman–Crippen LogP) is 1.62. The topological polar surface area (TPSA) is 26.3 Å². The van der Waals surface area contributed by atoms with E-state index < -0.39 is 0 Å². The Labute approximate surface area is 89.4 Å². The van der Waals surface area contributed by atoms with Gasteiger partial charge in [-0.2, -0.15) is 0 Å². The van der Waals surface area contributed by atoms with Crippen LogP contribution in [0.5, 0.6) is 5.75 Å². The third-order valence-corrected chi connectivity index (χ3v) is 1.26. The second-order valence-corrected chi connectivity index (χ2v) is 2.14. The summed E-state index contributed by atoms with van der Waals surface area (Å²) in [7, 11) is 0. The van der Waals surface area contributed by atoms with Crippen molar-refractivity contribution in [2.75, 3.05) is 0 Å². The number of carbonyl (C=O) groups excluding carboxylic acids is 1. The second-order valence-electron chi connectivity index (χ2n) is 2.14. The number of para-hydroxylation sites is 1. The van der Waals surface area contributed by atoms with Gasteiger partial charge >= 0.3 is 5.97 Å². The van der Waals surface area contributed by atoms with Crippen LogP contribution in [0, 0.1) is 0 Å². The van der Waals surface area contributed by atoms with Crippen molar-refractivity contribution in [3.05, 3.63) is 30.3 Å². The number of carbonyl (C=O) groups is 1. The van der Waals surface area contributed by atoms with Crippen molar-refractivity contribution in [3.8, 4) is 5.75 Å². The van der Waals surface area contributed by atoms with Crippen molar-refractivity contribution >= 4 is 30.4 Å². The van der Waals surface area contributed by atoms with E-state index in [9.17, 15) is 4.79 Å². The van der Waals surface area contributed by atoms with Gasteiger partial charge in [-0.15, -0.1) is 0 Å². The van der Waals surface area contributed by atoms with Crippen molar-refractivity contribution in [1.29, 1.82) is 0 Å². The van der Waals surface area contributed by atoms with Crippen molar-refractivity contribution in [2.45, 2.75) is 13.3 Å². The van der Waals surface area contributed by atoms with Crippen LogP contribution >= 0.6 is 0 Å². The first-order chi connectivity index (χ1) is 5.33. The van der Waals surface area contributed by atoms with E-state index in [1.165, 1.54) is 0 Å². The Bertz CT molecular complexity index is 234. The summed E-state index contributed by atoms with van der Waals surface area (Å²) in [5.41, 5.74) is 0. The fourth-order valence-corrected chi connectivity index (χ4v) is 0.692. The average Bonchev–Trinajstić information content (AvgIpc) is 2.06. The van der Waals surface area contributed by atoms with Gasteiger partial charge in [-0.25, -0.2) is 0 Å². The third-order valence-electron chi connectivity index (χ3n) is 1.26. The molecule has 0 heterocycles. The number of benzene rings is 1. The molecule has 0 atom stereocenters. The molecule has 3 heteroatoms. The average molecular weight is 272 g/mol. The molecule has 0 spiro atoms. The molecular formula is C9H10O2Sb. The van der Waals surface area contributed by atoms with E-state index in [0.29, 0.717) is 12.2 Å². The number of ether oxygens (including phenoxy) is 1. The minimum atomic E-state index is -0.198. The summed E-state index contributed by atoms with van der Waals surface area (Å²) < 4.78 is 4.92. The minimum Gasteiger partial charge on any atom is -0.427 e. The number of esters is 1. The first-order valence-electron chi connectivity index (χ1n) is 3.58. The molecule has 0 N–H and O–H groups in total. The molecule has 1 rings (SSSR count). The van der Waals surface area contributed by atoms with Crippen LogP contribution in [0.25, 0.3) is 0 Å². The molecule has 0 aromatic heterocycles. The Morgan fingerprint density at radius 1 is 1.33 bits per heavy atom. The third kappa shape index (κ3) is 3.77. The van der Waals surface area contributed by atoms with Gasteiger partial charge < -0.3 is 4.74 Å². The Morgan fingerprint density at radius 2 is 1.92 bits per heavy atom. The maximum absolute atomic E-state index is 10.8. The van der Waals surface area contributed by atoms with Gasteiger partial charge in [0.05, 0.1) is 0 Å². The zero-order chi connectivity index (χ0) is 8.10. The monoisotopic (exact) mass is 271 g/mol. The number of hydrogen-bond acceptors (Lipinski definition) is 2. The molecule has 1 aromatic rings. The van der Waals surface area contributed by atoms with Crippen LogP contribution in [0.3, 0.4) is 0 Å². The standard InChI is InChI=1S/C9H10O2.Sb/c1-2-9(10)11-8-6-4-3-5-7-8;/h3-7H,2H2,1H3;. The van der Waals surface area contributed by atoms with E-state index in [4.69, 9.17) is 4.74 Å². The second kappa shape index (κ2) is 6.07. The van der Waals surface area contributed by atoms with Crippen LogP contribution in [-0.4, -0.2) is 30.4 Å². The van der Waals surface area contributed by atoms with Crippen LogP contribution in [-0.2, 0) is 4.79 Å². The van der Waals surface area contributed by atoms with E-state index in [2.05, 4.69) is 0 Å². The summed E-state index contributed by atoms with van der Waals surface area (Å²) in [4.78, 5) is 10.8. The van der Waals surface area contributed by atoms with Crippen LogP contribution in [0.4, 0.5) is 0 Å². The minimum absolute atomic E-state index is 0. The van der Waals surface area contributed by atoms with Crippen LogP contribution in [0.1, 0.15) is 13.3 Å². The van der Waals surface area contributed by atoms with Gasteiger partial charge in [-0.3, -0.25) is 4.79 Å². The largest absolute Gasteiger partial charge is 0.427 e. The fourth-order valence-electron chi connectivity index (χ4n) is 0.692. The molecule has 0 saturated carbocycles. The normalized spacial score (nSPS) is 8.42. The van der Waals surface area contributed by atoms with E-state index in [1.54, 1.807) is 19.1 Å². The summed E-state index contributed by atoms with van der Waals surface area (Å²) in [6.45, 7) is 1.77. The number of hydrogen-bond donors (Lipinski definition) is 0. The Hall–Kier alpha value is -0.492.